The van der Waals surface area contributed by atoms with Crippen molar-refractivity contribution in [3.05, 3.63) is 42.7 Å². The van der Waals surface area contributed by atoms with E-state index in [0.717, 1.165) is 0 Å². The Kier molecular flexibility index (Phi) is 4.75. The second-order valence-corrected chi connectivity index (χ2v) is 8.87. The van der Waals surface area contributed by atoms with Gasteiger partial charge in [0.1, 0.15) is 5.82 Å². The van der Waals surface area contributed by atoms with Crippen LogP contribution in [0.25, 0.3) is 11.4 Å². The molecule has 1 fully saturated rings. The second kappa shape index (κ2) is 6.66. The van der Waals surface area contributed by atoms with Crippen LogP contribution < -0.4 is 0 Å². The second-order valence-electron chi connectivity index (χ2n) is 5.51. The van der Waals surface area contributed by atoms with Crippen LogP contribution in [0.4, 0.5) is 4.39 Å². The van der Waals surface area contributed by atoms with E-state index in [1.165, 1.54) is 23.9 Å². The van der Waals surface area contributed by atoms with E-state index < -0.39 is 21.2 Å². The molecular weight excluding hydrogens is 353 g/mol. The van der Waals surface area contributed by atoms with Crippen LogP contribution in [-0.2, 0) is 16.4 Å². The molecule has 2 aromatic rings. The van der Waals surface area contributed by atoms with Crippen LogP contribution in [0.15, 0.2) is 42.1 Å². The summed E-state index contributed by atoms with van der Waals surface area (Å²) in [4.78, 5) is 0. The Morgan fingerprint density at radius 3 is 2.62 bits per heavy atom. The van der Waals surface area contributed by atoms with E-state index in [1.54, 1.807) is 22.8 Å². The van der Waals surface area contributed by atoms with Crippen LogP contribution in [0, 0.1) is 5.82 Å². The first-order valence-corrected chi connectivity index (χ1v) is 9.95. The highest BCUT2D eigenvalue weighted by atomic mass is 32.2. The van der Waals surface area contributed by atoms with Gasteiger partial charge in [0.2, 0.25) is 0 Å². The monoisotopic (exact) mass is 369 g/mol. The van der Waals surface area contributed by atoms with Gasteiger partial charge in [0.25, 0.3) is 0 Å². The molecule has 1 aromatic heterocycles. The molecule has 2 heterocycles. The number of hydrogen-bond acceptors (Lipinski definition) is 6. The highest BCUT2D eigenvalue weighted by Crippen LogP contribution is 2.32. The number of nitrogens with zero attached hydrogens (tertiary/aromatic N) is 3. The van der Waals surface area contributed by atoms with E-state index >= 15 is 0 Å². The molecule has 128 valence electrons. The van der Waals surface area contributed by atoms with Crippen LogP contribution in [-0.4, -0.2) is 51.1 Å². The average molecular weight is 369 g/mol. The predicted octanol–water partition coefficient (Wildman–Crippen LogP) is 1.52. The fraction of sp³-hybridized carbons (Fsp3) is 0.333. The van der Waals surface area contributed by atoms with Gasteiger partial charge in [0.15, 0.2) is 20.8 Å². The normalized spacial score (nSPS) is 22.6. The first-order chi connectivity index (χ1) is 11.4. The molecule has 0 amide bonds. The Balaban J connectivity index is 1.91. The number of aliphatic hydroxyl groups is 1. The molecule has 9 heteroatoms. The number of allylic oxidation sites excluding steroid dienone is 1. The average Bonchev–Trinajstić information content (AvgIpc) is 3.01. The van der Waals surface area contributed by atoms with Crippen LogP contribution in [0.1, 0.15) is 0 Å². The number of benzene rings is 1. The smallest absolute Gasteiger partial charge is 0.192 e. The minimum absolute atomic E-state index is 0.0916. The van der Waals surface area contributed by atoms with Crippen molar-refractivity contribution in [3.63, 3.8) is 0 Å². The molecular formula is C15H16FN3O3S2. The van der Waals surface area contributed by atoms with Gasteiger partial charge in [-0.1, -0.05) is 17.8 Å². The number of thioether (sulfide) groups is 1. The first kappa shape index (κ1) is 17.1. The Labute approximate surface area is 143 Å². The fourth-order valence-corrected chi connectivity index (χ4v) is 6.05. The molecule has 0 bridgehead atoms. The number of sulfone groups is 1. The molecule has 0 spiro atoms. The summed E-state index contributed by atoms with van der Waals surface area (Å²) < 4.78 is 38.1. The third-order valence-corrected chi connectivity index (χ3v) is 6.88. The lowest BCUT2D eigenvalue weighted by Crippen LogP contribution is -2.20. The zero-order chi connectivity index (χ0) is 17.3. The summed E-state index contributed by atoms with van der Waals surface area (Å²) >= 11 is 1.19. The van der Waals surface area contributed by atoms with Crippen LogP contribution in [0.5, 0.6) is 0 Å². The third kappa shape index (κ3) is 3.52. The van der Waals surface area contributed by atoms with Crippen molar-refractivity contribution in [1.29, 1.82) is 0 Å². The Morgan fingerprint density at radius 1 is 1.33 bits per heavy atom. The molecule has 1 aromatic carbocycles. The van der Waals surface area contributed by atoms with Gasteiger partial charge in [0, 0.05) is 12.1 Å². The molecule has 24 heavy (non-hydrogen) atoms. The number of aromatic nitrogens is 3. The lowest BCUT2D eigenvalue weighted by Gasteiger charge is -2.13. The highest BCUT2D eigenvalue weighted by Gasteiger charge is 2.38. The molecule has 0 saturated carbocycles. The zero-order valence-electron chi connectivity index (χ0n) is 12.7. The van der Waals surface area contributed by atoms with Gasteiger partial charge in [0.05, 0.1) is 22.9 Å². The van der Waals surface area contributed by atoms with E-state index in [4.69, 9.17) is 0 Å². The molecule has 0 radical (unpaired) electrons. The minimum atomic E-state index is -3.23. The maximum Gasteiger partial charge on any atom is 0.192 e. The van der Waals surface area contributed by atoms with Gasteiger partial charge >= 0.3 is 0 Å². The van der Waals surface area contributed by atoms with Crippen molar-refractivity contribution in [2.45, 2.75) is 23.1 Å². The van der Waals surface area contributed by atoms with Crippen molar-refractivity contribution >= 4 is 21.6 Å². The topological polar surface area (TPSA) is 85.1 Å². The van der Waals surface area contributed by atoms with Gasteiger partial charge in [-0.25, -0.2) is 12.8 Å². The van der Waals surface area contributed by atoms with Crippen LogP contribution in [0.3, 0.4) is 0 Å². The zero-order valence-corrected chi connectivity index (χ0v) is 14.3. The van der Waals surface area contributed by atoms with Gasteiger partial charge in [-0.05, 0) is 24.3 Å². The summed E-state index contributed by atoms with van der Waals surface area (Å²) in [5.41, 5.74) is 0.692. The summed E-state index contributed by atoms with van der Waals surface area (Å²) in [7, 11) is -3.23. The van der Waals surface area contributed by atoms with Crippen molar-refractivity contribution < 1.29 is 17.9 Å². The summed E-state index contributed by atoms with van der Waals surface area (Å²) in [6.45, 7) is 4.12. The largest absolute Gasteiger partial charge is 0.391 e. The Bertz CT molecular complexity index is 849. The maximum atomic E-state index is 13.1. The van der Waals surface area contributed by atoms with E-state index in [2.05, 4.69) is 16.8 Å². The predicted molar refractivity (Wildman–Crippen MR) is 89.9 cm³/mol. The minimum Gasteiger partial charge on any atom is -0.391 e. The van der Waals surface area contributed by atoms with Gasteiger partial charge in [-0.15, -0.1) is 16.8 Å². The number of rotatable bonds is 5. The molecule has 1 aliphatic rings. The summed E-state index contributed by atoms with van der Waals surface area (Å²) in [6, 6.07) is 5.87. The quantitative estimate of drug-likeness (QED) is 0.805. The fourth-order valence-electron chi connectivity index (χ4n) is 2.53. The van der Waals surface area contributed by atoms with Crippen molar-refractivity contribution in [3.8, 4) is 11.4 Å². The van der Waals surface area contributed by atoms with E-state index in [0.29, 0.717) is 23.1 Å². The van der Waals surface area contributed by atoms with Gasteiger partial charge in [-0.3, -0.25) is 4.57 Å². The molecule has 3 rings (SSSR count). The lowest BCUT2D eigenvalue weighted by atomic mass is 10.2. The molecule has 0 aliphatic carbocycles. The van der Waals surface area contributed by atoms with Crippen molar-refractivity contribution in [1.82, 2.24) is 14.8 Å². The van der Waals surface area contributed by atoms with Crippen molar-refractivity contribution in [2.24, 2.45) is 0 Å². The SMILES string of the molecule is C=CCn1c(S[C@H]2CS(=O)(=O)C[C@@H]2O)nnc1-c1ccc(F)cc1. The summed E-state index contributed by atoms with van der Waals surface area (Å²) in [5, 5.41) is 18.2. The molecule has 2 atom stereocenters. The number of aliphatic hydroxyl groups excluding tert-OH is 1. The van der Waals surface area contributed by atoms with Gasteiger partial charge < -0.3 is 5.11 Å². The number of halogens is 1. The van der Waals surface area contributed by atoms with Crippen LogP contribution in [0.2, 0.25) is 0 Å². The Morgan fingerprint density at radius 2 is 2.04 bits per heavy atom. The van der Waals surface area contributed by atoms with E-state index in [9.17, 15) is 17.9 Å². The molecule has 0 unspecified atom stereocenters. The lowest BCUT2D eigenvalue weighted by molar-refractivity contribution is 0.207. The third-order valence-electron chi connectivity index (χ3n) is 3.66. The standard InChI is InChI=1S/C15H16FN3O3S2/c1-2-7-19-14(10-3-5-11(16)6-4-10)17-18-15(19)23-13-9-24(21,22)8-12(13)20/h2-6,12-13,20H,1,7-9H2/t12-,13-/m0/s1. The van der Waals surface area contributed by atoms with Crippen LogP contribution >= 0.6 is 11.8 Å². The summed E-state index contributed by atoms with van der Waals surface area (Å²) in [5.74, 6) is -0.133. The molecule has 1 N–H and O–H groups in total. The highest BCUT2D eigenvalue weighted by molar-refractivity contribution is 8.01. The van der Waals surface area contributed by atoms with Crippen molar-refractivity contribution in [2.75, 3.05) is 11.5 Å². The number of hydrogen-bond donors (Lipinski definition) is 1. The Hall–Kier alpha value is -1.71. The molecule has 1 aliphatic heterocycles. The van der Waals surface area contributed by atoms with Gasteiger partial charge in [-0.2, -0.15) is 0 Å². The summed E-state index contributed by atoms with van der Waals surface area (Å²) in [6.07, 6.45) is 0.741. The first-order valence-electron chi connectivity index (χ1n) is 7.25. The van der Waals surface area contributed by atoms with E-state index in [-0.39, 0.29) is 17.3 Å². The van der Waals surface area contributed by atoms with E-state index in [1.807, 2.05) is 0 Å². The molecule has 6 nitrogen and oxygen atoms in total. The molecule has 1 saturated heterocycles. The maximum absolute atomic E-state index is 13.1.